The molecule has 0 aliphatic carbocycles. The van der Waals surface area contributed by atoms with E-state index in [4.69, 9.17) is 16.3 Å². The lowest BCUT2D eigenvalue weighted by molar-refractivity contribution is 0.210. The molecule has 1 aromatic heterocycles. The van der Waals surface area contributed by atoms with E-state index in [0.717, 1.165) is 24.3 Å². The Morgan fingerprint density at radius 1 is 1.50 bits per heavy atom. The van der Waals surface area contributed by atoms with E-state index >= 15 is 0 Å². The molecule has 14 heavy (non-hydrogen) atoms. The summed E-state index contributed by atoms with van der Waals surface area (Å²) in [5.74, 6) is 0.796. The molecule has 4 nitrogen and oxygen atoms in total. The molecule has 1 aromatic rings. The molecule has 1 rings (SSSR count). The first-order valence-electron chi connectivity index (χ1n) is 4.51. The Bertz CT molecular complexity index is 293. The summed E-state index contributed by atoms with van der Waals surface area (Å²) in [6, 6.07) is 0. The van der Waals surface area contributed by atoms with Gasteiger partial charge in [0.25, 0.3) is 0 Å². The maximum atomic E-state index is 5.92. The molecule has 0 fully saturated rings. The van der Waals surface area contributed by atoms with E-state index in [-0.39, 0.29) is 0 Å². The third kappa shape index (κ3) is 2.82. The van der Waals surface area contributed by atoms with Crippen LogP contribution in [0.5, 0.6) is 0 Å². The highest BCUT2D eigenvalue weighted by Crippen LogP contribution is 2.19. The fourth-order valence-corrected chi connectivity index (χ4v) is 1.39. The summed E-state index contributed by atoms with van der Waals surface area (Å²) >= 11 is 5.92. The van der Waals surface area contributed by atoms with Crippen molar-refractivity contribution in [1.29, 1.82) is 0 Å². The van der Waals surface area contributed by atoms with Gasteiger partial charge in [-0.3, -0.25) is 0 Å². The highest BCUT2D eigenvalue weighted by molar-refractivity contribution is 6.30. The van der Waals surface area contributed by atoms with Crippen molar-refractivity contribution in [2.75, 3.05) is 25.6 Å². The van der Waals surface area contributed by atoms with Crippen molar-refractivity contribution in [1.82, 2.24) is 9.97 Å². The number of hydrogen-bond donors (Lipinski definition) is 1. The van der Waals surface area contributed by atoms with Gasteiger partial charge in [0.1, 0.15) is 17.3 Å². The molecule has 0 saturated carbocycles. The lowest BCUT2D eigenvalue weighted by atomic mass is 10.2. The molecule has 0 atom stereocenters. The first-order chi connectivity index (χ1) is 6.79. The number of hydrogen-bond acceptors (Lipinski definition) is 4. The highest BCUT2D eigenvalue weighted by atomic mass is 35.5. The first kappa shape index (κ1) is 11.2. The van der Waals surface area contributed by atoms with Crippen LogP contribution in [-0.2, 0) is 11.2 Å². The Morgan fingerprint density at radius 2 is 2.29 bits per heavy atom. The second-order valence-corrected chi connectivity index (χ2v) is 3.12. The van der Waals surface area contributed by atoms with E-state index < -0.39 is 0 Å². The quantitative estimate of drug-likeness (QED) is 0.601. The standard InChI is InChI=1S/C9H14ClN3O/c1-3-7-8(10)12-6-13-9(7)11-4-5-14-2/h6H,3-5H2,1-2H3,(H,11,12,13). The van der Waals surface area contributed by atoms with Crippen LogP contribution in [0.15, 0.2) is 6.33 Å². The molecule has 0 bridgehead atoms. The Morgan fingerprint density at radius 3 is 2.93 bits per heavy atom. The van der Waals surface area contributed by atoms with Gasteiger partial charge in [0, 0.05) is 19.2 Å². The van der Waals surface area contributed by atoms with Crippen LogP contribution in [0.4, 0.5) is 5.82 Å². The van der Waals surface area contributed by atoms with Crippen molar-refractivity contribution in [3.63, 3.8) is 0 Å². The molecule has 0 aliphatic heterocycles. The average Bonchev–Trinajstić information content (AvgIpc) is 2.18. The predicted octanol–water partition coefficient (Wildman–Crippen LogP) is 1.75. The second-order valence-electron chi connectivity index (χ2n) is 2.76. The number of rotatable bonds is 5. The van der Waals surface area contributed by atoms with Crippen LogP contribution in [0.3, 0.4) is 0 Å². The molecule has 0 spiro atoms. The fraction of sp³-hybridized carbons (Fsp3) is 0.556. The van der Waals surface area contributed by atoms with E-state index in [1.165, 1.54) is 6.33 Å². The van der Waals surface area contributed by atoms with Gasteiger partial charge in [0.15, 0.2) is 0 Å². The molecule has 78 valence electrons. The first-order valence-corrected chi connectivity index (χ1v) is 4.89. The smallest absolute Gasteiger partial charge is 0.137 e. The summed E-state index contributed by atoms with van der Waals surface area (Å²) in [5.41, 5.74) is 0.949. The summed E-state index contributed by atoms with van der Waals surface area (Å²) < 4.78 is 4.93. The van der Waals surface area contributed by atoms with Crippen LogP contribution in [-0.4, -0.2) is 30.2 Å². The minimum absolute atomic E-state index is 0.516. The largest absolute Gasteiger partial charge is 0.383 e. The average molecular weight is 216 g/mol. The van der Waals surface area contributed by atoms with Crippen molar-refractivity contribution in [2.45, 2.75) is 13.3 Å². The molecule has 0 unspecified atom stereocenters. The van der Waals surface area contributed by atoms with Gasteiger partial charge >= 0.3 is 0 Å². The van der Waals surface area contributed by atoms with Gasteiger partial charge in [-0.25, -0.2) is 9.97 Å². The van der Waals surface area contributed by atoms with Crippen LogP contribution in [0.2, 0.25) is 5.15 Å². The molecular weight excluding hydrogens is 202 g/mol. The zero-order chi connectivity index (χ0) is 10.4. The third-order valence-electron chi connectivity index (χ3n) is 1.84. The lowest BCUT2D eigenvalue weighted by Crippen LogP contribution is -2.11. The molecule has 1 heterocycles. The zero-order valence-corrected chi connectivity index (χ0v) is 9.14. The van der Waals surface area contributed by atoms with E-state index in [9.17, 15) is 0 Å². The van der Waals surface area contributed by atoms with Gasteiger partial charge in [-0.2, -0.15) is 0 Å². The SMILES string of the molecule is CCc1c(Cl)ncnc1NCCOC. The van der Waals surface area contributed by atoms with Crippen molar-refractivity contribution in [3.8, 4) is 0 Å². The maximum Gasteiger partial charge on any atom is 0.137 e. The van der Waals surface area contributed by atoms with Crippen LogP contribution in [0.1, 0.15) is 12.5 Å². The number of aromatic nitrogens is 2. The molecule has 0 aliphatic rings. The van der Waals surface area contributed by atoms with Crippen LogP contribution >= 0.6 is 11.6 Å². The summed E-state index contributed by atoms with van der Waals surface area (Å²) in [7, 11) is 1.66. The molecule has 0 saturated heterocycles. The van der Waals surface area contributed by atoms with Crippen molar-refractivity contribution in [3.05, 3.63) is 17.0 Å². The van der Waals surface area contributed by atoms with Crippen molar-refractivity contribution < 1.29 is 4.74 Å². The van der Waals surface area contributed by atoms with Crippen LogP contribution < -0.4 is 5.32 Å². The molecular formula is C9H14ClN3O. The van der Waals surface area contributed by atoms with Crippen LogP contribution in [0, 0.1) is 0 Å². The summed E-state index contributed by atoms with van der Waals surface area (Å²) in [4.78, 5) is 8.04. The molecule has 1 N–H and O–H groups in total. The third-order valence-corrected chi connectivity index (χ3v) is 2.17. The topological polar surface area (TPSA) is 47.0 Å². The van der Waals surface area contributed by atoms with Crippen LogP contribution in [0.25, 0.3) is 0 Å². The fourth-order valence-electron chi connectivity index (χ4n) is 1.13. The molecule has 0 amide bonds. The predicted molar refractivity (Wildman–Crippen MR) is 56.8 cm³/mol. The minimum atomic E-state index is 0.516. The number of halogens is 1. The Hall–Kier alpha value is -0.870. The molecule has 0 radical (unpaired) electrons. The van der Waals surface area contributed by atoms with E-state index in [0.29, 0.717) is 11.8 Å². The van der Waals surface area contributed by atoms with Gasteiger partial charge in [-0.15, -0.1) is 0 Å². The molecule has 0 aromatic carbocycles. The Labute approximate surface area is 88.7 Å². The number of nitrogens with zero attached hydrogens (tertiary/aromatic N) is 2. The summed E-state index contributed by atoms with van der Waals surface area (Å²) in [6.45, 7) is 3.38. The van der Waals surface area contributed by atoms with E-state index in [2.05, 4.69) is 15.3 Å². The second kappa shape index (κ2) is 5.78. The Balaban J connectivity index is 2.70. The number of methoxy groups -OCH3 is 1. The van der Waals surface area contributed by atoms with E-state index in [1.54, 1.807) is 7.11 Å². The van der Waals surface area contributed by atoms with Gasteiger partial charge in [-0.05, 0) is 6.42 Å². The highest BCUT2D eigenvalue weighted by Gasteiger charge is 2.06. The molecule has 5 heteroatoms. The summed E-state index contributed by atoms with van der Waals surface area (Å²) in [6.07, 6.45) is 2.27. The van der Waals surface area contributed by atoms with Gasteiger partial charge in [0.2, 0.25) is 0 Å². The monoisotopic (exact) mass is 215 g/mol. The maximum absolute atomic E-state index is 5.92. The number of nitrogens with one attached hydrogen (secondary N) is 1. The number of anilines is 1. The lowest BCUT2D eigenvalue weighted by Gasteiger charge is -2.09. The number of ether oxygens (including phenoxy) is 1. The van der Waals surface area contributed by atoms with Crippen molar-refractivity contribution in [2.24, 2.45) is 0 Å². The minimum Gasteiger partial charge on any atom is -0.383 e. The van der Waals surface area contributed by atoms with Gasteiger partial charge in [0.05, 0.1) is 6.61 Å². The Kier molecular flexibility index (Phi) is 4.62. The summed E-state index contributed by atoms with van der Waals surface area (Å²) in [5, 5.41) is 3.66. The zero-order valence-electron chi connectivity index (χ0n) is 8.38. The normalized spacial score (nSPS) is 10.2. The van der Waals surface area contributed by atoms with Gasteiger partial charge in [-0.1, -0.05) is 18.5 Å². The van der Waals surface area contributed by atoms with Gasteiger partial charge < -0.3 is 10.1 Å². The van der Waals surface area contributed by atoms with E-state index in [1.807, 2.05) is 6.92 Å². The van der Waals surface area contributed by atoms with Crippen molar-refractivity contribution >= 4 is 17.4 Å².